The maximum Gasteiger partial charge on any atom is 0.231 e. The Labute approximate surface area is 97.0 Å². The highest BCUT2D eigenvalue weighted by Gasteiger charge is 1.96. The predicted molar refractivity (Wildman–Crippen MR) is 66.2 cm³/mol. The number of rotatable bonds is 7. The van der Waals surface area contributed by atoms with Crippen LogP contribution >= 0.6 is 0 Å². The van der Waals surface area contributed by atoms with Crippen molar-refractivity contribution in [1.29, 1.82) is 0 Å². The summed E-state index contributed by atoms with van der Waals surface area (Å²) in [5.74, 6) is -0.307. The SMILES string of the molecule is CCCc1ccc(CCNCC(N)=O)cc1. The summed E-state index contributed by atoms with van der Waals surface area (Å²) in [6, 6.07) is 8.65. The van der Waals surface area contributed by atoms with Gasteiger partial charge >= 0.3 is 0 Å². The summed E-state index contributed by atoms with van der Waals surface area (Å²) in [6.07, 6.45) is 3.25. The van der Waals surface area contributed by atoms with Gasteiger partial charge in [0, 0.05) is 0 Å². The number of nitrogens with one attached hydrogen (secondary N) is 1. The van der Waals surface area contributed by atoms with Gasteiger partial charge in [-0.05, 0) is 30.5 Å². The first-order valence-corrected chi connectivity index (χ1v) is 5.79. The smallest absolute Gasteiger partial charge is 0.231 e. The molecule has 0 heterocycles. The van der Waals surface area contributed by atoms with Gasteiger partial charge in [-0.3, -0.25) is 4.79 Å². The third kappa shape index (κ3) is 4.94. The van der Waals surface area contributed by atoms with Crippen LogP contribution in [-0.2, 0) is 17.6 Å². The summed E-state index contributed by atoms with van der Waals surface area (Å²) in [5, 5.41) is 3.00. The monoisotopic (exact) mass is 220 g/mol. The molecule has 0 aliphatic rings. The molecule has 0 fully saturated rings. The van der Waals surface area contributed by atoms with Crippen molar-refractivity contribution in [3.05, 3.63) is 35.4 Å². The van der Waals surface area contributed by atoms with Crippen LogP contribution in [0.4, 0.5) is 0 Å². The zero-order valence-corrected chi connectivity index (χ0v) is 9.83. The summed E-state index contributed by atoms with van der Waals surface area (Å²) >= 11 is 0. The molecular weight excluding hydrogens is 200 g/mol. The molecule has 1 aromatic carbocycles. The number of carbonyl (C=O) groups is 1. The van der Waals surface area contributed by atoms with E-state index in [0.717, 1.165) is 19.4 Å². The quantitative estimate of drug-likeness (QED) is 0.680. The van der Waals surface area contributed by atoms with Gasteiger partial charge in [-0.1, -0.05) is 37.6 Å². The fourth-order valence-corrected chi connectivity index (χ4v) is 1.61. The number of carbonyl (C=O) groups excluding carboxylic acids is 1. The van der Waals surface area contributed by atoms with Gasteiger partial charge in [-0.15, -0.1) is 0 Å². The highest BCUT2D eigenvalue weighted by molar-refractivity contribution is 5.75. The second-order valence-electron chi connectivity index (χ2n) is 3.96. The van der Waals surface area contributed by atoms with Crippen LogP contribution < -0.4 is 11.1 Å². The van der Waals surface area contributed by atoms with E-state index in [0.29, 0.717) is 0 Å². The molecule has 16 heavy (non-hydrogen) atoms. The minimum Gasteiger partial charge on any atom is -0.369 e. The van der Waals surface area contributed by atoms with Gasteiger partial charge in [0.25, 0.3) is 0 Å². The average Bonchev–Trinajstić information content (AvgIpc) is 2.27. The fourth-order valence-electron chi connectivity index (χ4n) is 1.61. The lowest BCUT2D eigenvalue weighted by molar-refractivity contribution is -0.117. The molecule has 0 radical (unpaired) electrons. The molecule has 0 aliphatic heterocycles. The minimum atomic E-state index is -0.307. The van der Waals surface area contributed by atoms with Gasteiger partial charge in [0.2, 0.25) is 5.91 Å². The topological polar surface area (TPSA) is 55.1 Å². The summed E-state index contributed by atoms with van der Waals surface area (Å²) in [4.78, 5) is 10.5. The fraction of sp³-hybridized carbons (Fsp3) is 0.462. The van der Waals surface area contributed by atoms with E-state index < -0.39 is 0 Å². The van der Waals surface area contributed by atoms with Crippen molar-refractivity contribution in [1.82, 2.24) is 5.32 Å². The summed E-state index contributed by atoms with van der Waals surface area (Å²) in [7, 11) is 0. The normalized spacial score (nSPS) is 10.3. The van der Waals surface area contributed by atoms with E-state index in [9.17, 15) is 4.79 Å². The first-order valence-electron chi connectivity index (χ1n) is 5.79. The third-order valence-electron chi connectivity index (χ3n) is 2.45. The number of hydrogen-bond acceptors (Lipinski definition) is 2. The maximum atomic E-state index is 10.5. The Kier molecular flexibility index (Phi) is 5.57. The summed E-state index contributed by atoms with van der Waals surface area (Å²) < 4.78 is 0. The van der Waals surface area contributed by atoms with Crippen molar-refractivity contribution in [2.24, 2.45) is 5.73 Å². The standard InChI is InChI=1S/C13H20N2O/c1-2-3-11-4-6-12(7-5-11)8-9-15-10-13(14)16/h4-7,15H,2-3,8-10H2,1H3,(H2,14,16). The highest BCUT2D eigenvalue weighted by Crippen LogP contribution is 2.06. The van der Waals surface area contributed by atoms with Crippen molar-refractivity contribution in [2.75, 3.05) is 13.1 Å². The van der Waals surface area contributed by atoms with Crippen LogP contribution in [0.1, 0.15) is 24.5 Å². The molecule has 3 heteroatoms. The zero-order chi connectivity index (χ0) is 11.8. The number of nitrogens with two attached hydrogens (primary N) is 1. The molecule has 88 valence electrons. The number of primary amides is 1. The molecule has 0 saturated heterocycles. The molecule has 0 spiro atoms. The van der Waals surface area contributed by atoms with E-state index in [-0.39, 0.29) is 12.5 Å². The van der Waals surface area contributed by atoms with E-state index >= 15 is 0 Å². The number of hydrogen-bond donors (Lipinski definition) is 2. The van der Waals surface area contributed by atoms with Gasteiger partial charge in [-0.2, -0.15) is 0 Å². The Balaban J connectivity index is 2.29. The second kappa shape index (κ2) is 7.01. The van der Waals surface area contributed by atoms with Crippen molar-refractivity contribution >= 4 is 5.91 Å². The van der Waals surface area contributed by atoms with Gasteiger partial charge in [0.05, 0.1) is 6.54 Å². The van der Waals surface area contributed by atoms with Crippen molar-refractivity contribution in [2.45, 2.75) is 26.2 Å². The number of benzene rings is 1. The van der Waals surface area contributed by atoms with Crippen molar-refractivity contribution < 1.29 is 4.79 Å². The van der Waals surface area contributed by atoms with Crippen LogP contribution in [0.25, 0.3) is 0 Å². The van der Waals surface area contributed by atoms with Crippen molar-refractivity contribution in [3.8, 4) is 0 Å². The van der Waals surface area contributed by atoms with Crippen LogP contribution in [-0.4, -0.2) is 19.0 Å². The van der Waals surface area contributed by atoms with Crippen LogP contribution in [0.15, 0.2) is 24.3 Å². The number of amides is 1. The molecule has 0 aromatic heterocycles. The van der Waals surface area contributed by atoms with Crippen molar-refractivity contribution in [3.63, 3.8) is 0 Å². The highest BCUT2D eigenvalue weighted by atomic mass is 16.1. The summed E-state index contributed by atoms with van der Waals surface area (Å²) in [6.45, 7) is 3.23. The second-order valence-corrected chi connectivity index (χ2v) is 3.96. The maximum absolute atomic E-state index is 10.5. The van der Waals surface area contributed by atoms with E-state index in [1.165, 1.54) is 17.5 Å². The molecule has 0 aliphatic carbocycles. The van der Waals surface area contributed by atoms with E-state index in [1.54, 1.807) is 0 Å². The first-order chi connectivity index (χ1) is 7.72. The van der Waals surface area contributed by atoms with Crippen LogP contribution in [0.5, 0.6) is 0 Å². The average molecular weight is 220 g/mol. The molecule has 1 aromatic rings. The number of aryl methyl sites for hydroxylation is 1. The molecule has 3 N–H and O–H groups in total. The third-order valence-corrected chi connectivity index (χ3v) is 2.45. The van der Waals surface area contributed by atoms with Crippen LogP contribution in [0, 0.1) is 0 Å². The molecule has 1 amide bonds. The van der Waals surface area contributed by atoms with Gasteiger partial charge in [-0.25, -0.2) is 0 Å². The Hall–Kier alpha value is -1.35. The lowest BCUT2D eigenvalue weighted by Gasteiger charge is -2.04. The Bertz CT molecular complexity index is 319. The molecule has 0 unspecified atom stereocenters. The van der Waals surface area contributed by atoms with E-state index in [2.05, 4.69) is 36.5 Å². The molecule has 1 rings (SSSR count). The van der Waals surface area contributed by atoms with Gasteiger partial charge in [0.1, 0.15) is 0 Å². The lowest BCUT2D eigenvalue weighted by atomic mass is 10.1. The molecule has 0 saturated carbocycles. The predicted octanol–water partition coefficient (Wildman–Crippen LogP) is 1.26. The summed E-state index contributed by atoms with van der Waals surface area (Å²) in [5.41, 5.74) is 7.70. The molecule has 0 bridgehead atoms. The lowest BCUT2D eigenvalue weighted by Crippen LogP contribution is -2.29. The minimum absolute atomic E-state index is 0.258. The Morgan fingerprint density at radius 2 is 1.75 bits per heavy atom. The zero-order valence-electron chi connectivity index (χ0n) is 9.83. The largest absolute Gasteiger partial charge is 0.369 e. The van der Waals surface area contributed by atoms with Crippen LogP contribution in [0.2, 0.25) is 0 Å². The van der Waals surface area contributed by atoms with E-state index in [1.807, 2.05) is 0 Å². The van der Waals surface area contributed by atoms with E-state index in [4.69, 9.17) is 5.73 Å². The Morgan fingerprint density at radius 1 is 1.19 bits per heavy atom. The van der Waals surface area contributed by atoms with Gasteiger partial charge < -0.3 is 11.1 Å². The first kappa shape index (κ1) is 12.7. The molecule has 3 nitrogen and oxygen atoms in total. The van der Waals surface area contributed by atoms with Crippen LogP contribution in [0.3, 0.4) is 0 Å². The molecular formula is C13H20N2O. The molecule has 0 atom stereocenters. The van der Waals surface area contributed by atoms with Gasteiger partial charge in [0.15, 0.2) is 0 Å². The Morgan fingerprint density at radius 3 is 2.25 bits per heavy atom.